The Morgan fingerprint density at radius 3 is 2.82 bits per heavy atom. The molecule has 1 heterocycles. The number of benzene rings is 2. The summed E-state index contributed by atoms with van der Waals surface area (Å²) in [4.78, 5) is 19.6. The molecular weight excluding hydrogens is 346 g/mol. The second-order valence-electron chi connectivity index (χ2n) is 4.63. The van der Waals surface area contributed by atoms with Crippen LogP contribution in [0.3, 0.4) is 0 Å². The van der Waals surface area contributed by atoms with E-state index in [1.54, 1.807) is 18.2 Å². The molecule has 1 N–H and O–H groups in total. The second-order valence-corrected chi connectivity index (χ2v) is 5.55. The van der Waals surface area contributed by atoms with E-state index in [0.717, 1.165) is 21.1 Å². The fourth-order valence-electron chi connectivity index (χ4n) is 2.07. The van der Waals surface area contributed by atoms with Gasteiger partial charge in [0, 0.05) is 22.5 Å². The molecule has 3 aromatic rings. The molecule has 0 atom stereocenters. The summed E-state index contributed by atoms with van der Waals surface area (Å²) in [5.74, 6) is 0.752. The van der Waals surface area contributed by atoms with Crippen molar-refractivity contribution in [2.75, 3.05) is 5.32 Å². The van der Waals surface area contributed by atoms with Crippen LogP contribution in [0.1, 0.15) is 6.92 Å². The number of nitrogens with one attached hydrogen (secondary N) is 1. The largest absolute Gasteiger partial charge is 0.427 e. The third kappa shape index (κ3) is 3.23. The number of halogens is 1. The molecule has 0 bridgehead atoms. The number of fused-ring (bicyclic) bond motifs is 1. The third-order valence-electron chi connectivity index (χ3n) is 2.96. The van der Waals surface area contributed by atoms with Crippen LogP contribution in [0.25, 0.3) is 10.9 Å². The topological polar surface area (TPSA) is 64.1 Å². The lowest BCUT2D eigenvalue weighted by Gasteiger charge is -2.09. The third-order valence-corrected chi connectivity index (χ3v) is 3.45. The number of anilines is 2. The lowest BCUT2D eigenvalue weighted by molar-refractivity contribution is -0.131. The lowest BCUT2D eigenvalue weighted by atomic mass is 10.2. The molecule has 0 fully saturated rings. The number of aromatic nitrogens is 2. The van der Waals surface area contributed by atoms with Crippen molar-refractivity contribution in [3.05, 3.63) is 53.3 Å². The Bertz CT molecular complexity index is 852. The summed E-state index contributed by atoms with van der Waals surface area (Å²) < 4.78 is 6.09. The van der Waals surface area contributed by atoms with Crippen LogP contribution in [-0.2, 0) is 4.79 Å². The highest BCUT2D eigenvalue weighted by atomic mass is 79.9. The fraction of sp³-hybridized carbons (Fsp3) is 0.0625. The van der Waals surface area contributed by atoms with Crippen LogP contribution in [0.2, 0.25) is 0 Å². The highest BCUT2D eigenvalue weighted by molar-refractivity contribution is 9.10. The van der Waals surface area contributed by atoms with E-state index in [0.29, 0.717) is 11.6 Å². The molecule has 3 rings (SSSR count). The number of nitrogens with zero attached hydrogens (tertiary/aromatic N) is 2. The minimum absolute atomic E-state index is 0.363. The highest BCUT2D eigenvalue weighted by Crippen LogP contribution is 2.27. The van der Waals surface area contributed by atoms with Gasteiger partial charge in [-0.05, 0) is 36.4 Å². The summed E-state index contributed by atoms with van der Waals surface area (Å²) in [5.41, 5.74) is 1.66. The van der Waals surface area contributed by atoms with Crippen LogP contribution < -0.4 is 10.1 Å². The highest BCUT2D eigenvalue weighted by Gasteiger charge is 2.07. The quantitative estimate of drug-likeness (QED) is 0.565. The molecule has 1 aromatic heterocycles. The predicted molar refractivity (Wildman–Crippen MR) is 88.3 cm³/mol. The maximum absolute atomic E-state index is 11.1. The van der Waals surface area contributed by atoms with Gasteiger partial charge in [0.25, 0.3) is 0 Å². The van der Waals surface area contributed by atoms with E-state index in [-0.39, 0.29) is 5.97 Å². The zero-order valence-electron chi connectivity index (χ0n) is 11.7. The normalized spacial score (nSPS) is 10.5. The van der Waals surface area contributed by atoms with Gasteiger partial charge >= 0.3 is 5.97 Å². The number of rotatable bonds is 3. The number of carbonyl (C=O) groups is 1. The molecule has 5 nitrogen and oxygen atoms in total. The molecule has 2 aromatic carbocycles. The maximum Gasteiger partial charge on any atom is 0.308 e. The zero-order chi connectivity index (χ0) is 15.5. The SMILES string of the molecule is CC(=O)Oc1ccc2ncnc(Nc3cccc(Br)c3)c2c1. The van der Waals surface area contributed by atoms with Crippen LogP contribution in [0.4, 0.5) is 11.5 Å². The molecular formula is C16H12BrN3O2. The Morgan fingerprint density at radius 1 is 1.18 bits per heavy atom. The molecule has 0 saturated carbocycles. The molecule has 0 amide bonds. The summed E-state index contributed by atoms with van der Waals surface area (Å²) in [7, 11) is 0. The van der Waals surface area contributed by atoms with E-state index in [4.69, 9.17) is 4.74 Å². The van der Waals surface area contributed by atoms with Crippen molar-refractivity contribution in [2.24, 2.45) is 0 Å². The number of hydrogen-bond donors (Lipinski definition) is 1. The number of esters is 1. The summed E-state index contributed by atoms with van der Waals surface area (Å²) >= 11 is 3.43. The van der Waals surface area contributed by atoms with Crippen LogP contribution in [0.5, 0.6) is 5.75 Å². The van der Waals surface area contributed by atoms with Crippen molar-refractivity contribution in [1.29, 1.82) is 0 Å². The Labute approximate surface area is 135 Å². The first-order chi connectivity index (χ1) is 10.6. The molecule has 0 saturated heterocycles. The van der Waals surface area contributed by atoms with Gasteiger partial charge in [-0.1, -0.05) is 22.0 Å². The van der Waals surface area contributed by atoms with Crippen molar-refractivity contribution >= 4 is 44.3 Å². The Hall–Kier alpha value is -2.47. The standard InChI is InChI=1S/C16H12BrN3O2/c1-10(21)22-13-5-6-15-14(8-13)16(19-9-18-15)20-12-4-2-3-11(17)7-12/h2-9H,1H3,(H,18,19,20). The number of hydrogen-bond acceptors (Lipinski definition) is 5. The molecule has 0 aliphatic carbocycles. The van der Waals surface area contributed by atoms with E-state index in [1.165, 1.54) is 13.3 Å². The van der Waals surface area contributed by atoms with Crippen molar-refractivity contribution in [2.45, 2.75) is 6.92 Å². The van der Waals surface area contributed by atoms with E-state index in [1.807, 2.05) is 24.3 Å². The average molecular weight is 358 g/mol. The van der Waals surface area contributed by atoms with Gasteiger partial charge in [0.2, 0.25) is 0 Å². The lowest BCUT2D eigenvalue weighted by Crippen LogP contribution is -2.02. The molecule has 6 heteroatoms. The summed E-state index contributed by atoms with van der Waals surface area (Å²) in [5, 5.41) is 4.03. The number of ether oxygens (including phenoxy) is 1. The monoisotopic (exact) mass is 357 g/mol. The Balaban J connectivity index is 2.02. The molecule has 0 spiro atoms. The van der Waals surface area contributed by atoms with Gasteiger partial charge in [0.15, 0.2) is 0 Å². The molecule has 22 heavy (non-hydrogen) atoms. The molecule has 0 aliphatic heterocycles. The Kier molecular flexibility index (Phi) is 4.02. The summed E-state index contributed by atoms with van der Waals surface area (Å²) in [6.45, 7) is 1.37. The Morgan fingerprint density at radius 2 is 2.05 bits per heavy atom. The first kappa shape index (κ1) is 14.5. The van der Waals surface area contributed by atoms with Crippen molar-refractivity contribution in [3.8, 4) is 5.75 Å². The summed E-state index contributed by atoms with van der Waals surface area (Å²) in [6, 6.07) is 13.0. The number of carbonyl (C=O) groups excluding carboxylic acids is 1. The van der Waals surface area contributed by atoms with Crippen LogP contribution >= 0.6 is 15.9 Å². The van der Waals surface area contributed by atoms with Gasteiger partial charge < -0.3 is 10.1 Å². The smallest absolute Gasteiger partial charge is 0.308 e. The van der Waals surface area contributed by atoms with Gasteiger partial charge in [-0.2, -0.15) is 0 Å². The van der Waals surface area contributed by atoms with Crippen LogP contribution in [0, 0.1) is 0 Å². The van der Waals surface area contributed by atoms with Crippen molar-refractivity contribution in [1.82, 2.24) is 9.97 Å². The van der Waals surface area contributed by atoms with Gasteiger partial charge in [0.05, 0.1) is 5.52 Å². The fourth-order valence-corrected chi connectivity index (χ4v) is 2.47. The van der Waals surface area contributed by atoms with E-state index < -0.39 is 0 Å². The summed E-state index contributed by atoms with van der Waals surface area (Å²) in [6.07, 6.45) is 1.49. The minimum Gasteiger partial charge on any atom is -0.427 e. The average Bonchev–Trinajstić information content (AvgIpc) is 2.47. The minimum atomic E-state index is -0.363. The maximum atomic E-state index is 11.1. The van der Waals surface area contributed by atoms with Gasteiger partial charge in [-0.3, -0.25) is 4.79 Å². The van der Waals surface area contributed by atoms with Gasteiger partial charge in [0.1, 0.15) is 17.9 Å². The van der Waals surface area contributed by atoms with E-state index in [2.05, 4.69) is 31.2 Å². The van der Waals surface area contributed by atoms with Crippen molar-refractivity contribution in [3.63, 3.8) is 0 Å². The molecule has 0 radical (unpaired) electrons. The van der Waals surface area contributed by atoms with E-state index in [9.17, 15) is 4.79 Å². The van der Waals surface area contributed by atoms with E-state index >= 15 is 0 Å². The molecule has 0 aliphatic rings. The van der Waals surface area contributed by atoms with Crippen LogP contribution in [-0.4, -0.2) is 15.9 Å². The zero-order valence-corrected chi connectivity index (χ0v) is 13.3. The second kappa shape index (κ2) is 6.11. The molecule has 0 unspecified atom stereocenters. The first-order valence-corrected chi connectivity index (χ1v) is 7.37. The van der Waals surface area contributed by atoms with Crippen LogP contribution in [0.15, 0.2) is 53.3 Å². The van der Waals surface area contributed by atoms with Gasteiger partial charge in [-0.15, -0.1) is 0 Å². The van der Waals surface area contributed by atoms with Gasteiger partial charge in [-0.25, -0.2) is 9.97 Å². The molecule has 110 valence electrons. The first-order valence-electron chi connectivity index (χ1n) is 6.57. The van der Waals surface area contributed by atoms with Crippen molar-refractivity contribution < 1.29 is 9.53 Å². The predicted octanol–water partition coefficient (Wildman–Crippen LogP) is 4.06.